The molecule has 1 aromatic carbocycles. The van der Waals surface area contributed by atoms with Crippen LogP contribution in [0.3, 0.4) is 0 Å². The monoisotopic (exact) mass is 205 g/mol. The van der Waals surface area contributed by atoms with Gasteiger partial charge in [-0.15, -0.1) is 0 Å². The third-order valence-corrected chi connectivity index (χ3v) is 2.94. The Hall–Kier alpha value is -1.02. The van der Waals surface area contributed by atoms with Crippen LogP contribution in [0.15, 0.2) is 24.3 Å². The summed E-state index contributed by atoms with van der Waals surface area (Å²) in [6.07, 6.45) is 3.82. The molecule has 0 heterocycles. The van der Waals surface area contributed by atoms with Crippen LogP contribution in [0.4, 0.5) is 0 Å². The van der Waals surface area contributed by atoms with Gasteiger partial charge in [-0.3, -0.25) is 0 Å². The maximum Gasteiger partial charge on any atom is 0.118 e. The van der Waals surface area contributed by atoms with Crippen LogP contribution < -0.4 is 10.1 Å². The Kier molecular flexibility index (Phi) is 3.27. The molecule has 2 heteroatoms. The first-order valence-electron chi connectivity index (χ1n) is 5.73. The minimum Gasteiger partial charge on any atom is -0.497 e. The fraction of sp³-hybridized carbons (Fsp3) is 0.538. The highest BCUT2D eigenvalue weighted by molar-refractivity contribution is 5.29. The van der Waals surface area contributed by atoms with Gasteiger partial charge in [0.25, 0.3) is 0 Å². The van der Waals surface area contributed by atoms with Gasteiger partial charge in [0.15, 0.2) is 0 Å². The van der Waals surface area contributed by atoms with Gasteiger partial charge >= 0.3 is 0 Å². The summed E-state index contributed by atoms with van der Waals surface area (Å²) in [5, 5.41) is 3.65. The van der Waals surface area contributed by atoms with E-state index in [1.807, 2.05) is 12.1 Å². The van der Waals surface area contributed by atoms with E-state index in [1.54, 1.807) is 7.11 Å². The molecule has 1 atom stereocenters. The Labute approximate surface area is 91.6 Å². The standard InChI is InChI=1S/C13H19NO/c1-3-13(14-11-6-7-11)10-4-8-12(15-2)9-5-10/h4-5,8-9,11,13-14H,3,6-7H2,1-2H3. The Balaban J connectivity index is 2.03. The maximum atomic E-state index is 5.16. The van der Waals surface area contributed by atoms with Crippen molar-refractivity contribution in [3.05, 3.63) is 29.8 Å². The lowest BCUT2D eigenvalue weighted by Crippen LogP contribution is -2.22. The molecule has 0 radical (unpaired) electrons. The smallest absolute Gasteiger partial charge is 0.118 e. The van der Waals surface area contributed by atoms with Crippen LogP contribution in [-0.4, -0.2) is 13.2 Å². The van der Waals surface area contributed by atoms with Crippen molar-refractivity contribution >= 4 is 0 Å². The van der Waals surface area contributed by atoms with Crippen molar-refractivity contribution in [3.8, 4) is 5.75 Å². The molecule has 0 amide bonds. The van der Waals surface area contributed by atoms with E-state index in [0.717, 1.165) is 18.2 Å². The maximum absolute atomic E-state index is 5.16. The zero-order valence-corrected chi connectivity index (χ0v) is 9.49. The van der Waals surface area contributed by atoms with E-state index in [9.17, 15) is 0 Å². The van der Waals surface area contributed by atoms with Crippen molar-refractivity contribution in [2.75, 3.05) is 7.11 Å². The molecule has 1 fully saturated rings. The van der Waals surface area contributed by atoms with Gasteiger partial charge in [0.1, 0.15) is 5.75 Å². The first-order valence-corrected chi connectivity index (χ1v) is 5.73. The lowest BCUT2D eigenvalue weighted by atomic mass is 10.0. The highest BCUT2D eigenvalue weighted by Gasteiger charge is 2.24. The molecule has 1 N–H and O–H groups in total. The van der Waals surface area contributed by atoms with Gasteiger partial charge in [-0.25, -0.2) is 0 Å². The topological polar surface area (TPSA) is 21.3 Å². The van der Waals surface area contributed by atoms with Gasteiger partial charge < -0.3 is 10.1 Å². The molecule has 0 spiro atoms. The van der Waals surface area contributed by atoms with Crippen molar-refractivity contribution in [2.24, 2.45) is 0 Å². The average Bonchev–Trinajstić information content (AvgIpc) is 3.10. The van der Waals surface area contributed by atoms with Crippen LogP contribution in [0.2, 0.25) is 0 Å². The fourth-order valence-electron chi connectivity index (χ4n) is 1.82. The second-order valence-corrected chi connectivity index (χ2v) is 4.17. The third kappa shape index (κ3) is 2.72. The molecule has 1 unspecified atom stereocenters. The van der Waals surface area contributed by atoms with E-state index in [2.05, 4.69) is 24.4 Å². The fourth-order valence-corrected chi connectivity index (χ4v) is 1.82. The van der Waals surface area contributed by atoms with Crippen LogP contribution in [0, 0.1) is 0 Å². The van der Waals surface area contributed by atoms with E-state index in [1.165, 1.54) is 18.4 Å². The molecule has 0 saturated heterocycles. The van der Waals surface area contributed by atoms with Gasteiger partial charge in [0, 0.05) is 12.1 Å². The average molecular weight is 205 g/mol. The summed E-state index contributed by atoms with van der Waals surface area (Å²) in [6, 6.07) is 9.64. The SMILES string of the molecule is CCC(NC1CC1)c1ccc(OC)cc1. The van der Waals surface area contributed by atoms with E-state index in [0.29, 0.717) is 6.04 Å². The Morgan fingerprint density at radius 3 is 2.47 bits per heavy atom. The minimum absolute atomic E-state index is 0.503. The number of hydrogen-bond donors (Lipinski definition) is 1. The van der Waals surface area contributed by atoms with Gasteiger partial charge in [-0.2, -0.15) is 0 Å². The third-order valence-electron chi connectivity index (χ3n) is 2.94. The summed E-state index contributed by atoms with van der Waals surface area (Å²) in [5.41, 5.74) is 1.37. The van der Waals surface area contributed by atoms with E-state index in [-0.39, 0.29) is 0 Å². The molecule has 0 aliphatic heterocycles. The molecular weight excluding hydrogens is 186 g/mol. The second kappa shape index (κ2) is 4.67. The van der Waals surface area contributed by atoms with Gasteiger partial charge in [-0.1, -0.05) is 19.1 Å². The summed E-state index contributed by atoms with van der Waals surface area (Å²) in [4.78, 5) is 0. The van der Waals surface area contributed by atoms with Crippen LogP contribution in [0.5, 0.6) is 5.75 Å². The Morgan fingerprint density at radius 1 is 1.33 bits per heavy atom. The second-order valence-electron chi connectivity index (χ2n) is 4.17. The molecular formula is C13H19NO. The molecule has 2 rings (SSSR count). The van der Waals surface area contributed by atoms with Crippen molar-refractivity contribution < 1.29 is 4.74 Å². The van der Waals surface area contributed by atoms with Crippen LogP contribution in [0.25, 0.3) is 0 Å². The van der Waals surface area contributed by atoms with E-state index < -0.39 is 0 Å². The van der Waals surface area contributed by atoms with Crippen molar-refractivity contribution in [3.63, 3.8) is 0 Å². The zero-order valence-electron chi connectivity index (χ0n) is 9.49. The molecule has 2 nitrogen and oxygen atoms in total. The first kappa shape index (κ1) is 10.5. The van der Waals surface area contributed by atoms with E-state index >= 15 is 0 Å². The number of methoxy groups -OCH3 is 1. The summed E-state index contributed by atoms with van der Waals surface area (Å²) < 4.78 is 5.16. The minimum atomic E-state index is 0.503. The molecule has 1 aliphatic rings. The highest BCUT2D eigenvalue weighted by atomic mass is 16.5. The Morgan fingerprint density at radius 2 is 2.00 bits per heavy atom. The summed E-state index contributed by atoms with van der Waals surface area (Å²) in [5.74, 6) is 0.931. The first-order chi connectivity index (χ1) is 7.33. The lowest BCUT2D eigenvalue weighted by molar-refractivity contribution is 0.414. The molecule has 1 aliphatic carbocycles. The van der Waals surface area contributed by atoms with Crippen molar-refractivity contribution in [1.82, 2.24) is 5.32 Å². The molecule has 0 aromatic heterocycles. The predicted molar refractivity (Wildman–Crippen MR) is 62.2 cm³/mol. The Bertz CT molecular complexity index is 303. The molecule has 15 heavy (non-hydrogen) atoms. The number of rotatable bonds is 5. The predicted octanol–water partition coefficient (Wildman–Crippen LogP) is 2.90. The van der Waals surface area contributed by atoms with Crippen molar-refractivity contribution in [2.45, 2.75) is 38.3 Å². The molecule has 0 bridgehead atoms. The van der Waals surface area contributed by atoms with Crippen LogP contribution in [-0.2, 0) is 0 Å². The molecule has 1 saturated carbocycles. The number of ether oxygens (including phenoxy) is 1. The van der Waals surface area contributed by atoms with Gasteiger partial charge in [0.2, 0.25) is 0 Å². The van der Waals surface area contributed by atoms with Crippen LogP contribution >= 0.6 is 0 Å². The van der Waals surface area contributed by atoms with Gasteiger partial charge in [-0.05, 0) is 37.0 Å². The normalized spacial score (nSPS) is 17.5. The largest absolute Gasteiger partial charge is 0.497 e. The highest BCUT2D eigenvalue weighted by Crippen LogP contribution is 2.26. The zero-order chi connectivity index (χ0) is 10.7. The molecule has 82 valence electrons. The van der Waals surface area contributed by atoms with Crippen molar-refractivity contribution in [1.29, 1.82) is 0 Å². The van der Waals surface area contributed by atoms with E-state index in [4.69, 9.17) is 4.74 Å². The van der Waals surface area contributed by atoms with Crippen LogP contribution in [0.1, 0.15) is 37.8 Å². The number of hydrogen-bond acceptors (Lipinski definition) is 2. The number of benzene rings is 1. The summed E-state index contributed by atoms with van der Waals surface area (Å²) in [6.45, 7) is 2.23. The quantitative estimate of drug-likeness (QED) is 0.798. The lowest BCUT2D eigenvalue weighted by Gasteiger charge is -2.17. The molecule has 1 aromatic rings. The summed E-state index contributed by atoms with van der Waals surface area (Å²) >= 11 is 0. The summed E-state index contributed by atoms with van der Waals surface area (Å²) in [7, 11) is 1.70. The van der Waals surface area contributed by atoms with Gasteiger partial charge in [0.05, 0.1) is 7.11 Å². The number of nitrogens with one attached hydrogen (secondary N) is 1.